The van der Waals surface area contributed by atoms with Crippen molar-refractivity contribution in [3.63, 3.8) is 0 Å². The molecule has 0 aliphatic carbocycles. The lowest BCUT2D eigenvalue weighted by Gasteiger charge is -2.00. The molecule has 1 rings (SSSR count). The largest absolute Gasteiger partial charge is 0.398 e. The van der Waals surface area contributed by atoms with Gasteiger partial charge in [-0.05, 0) is 44.0 Å². The van der Waals surface area contributed by atoms with Crippen LogP contribution in [0.25, 0.3) is 0 Å². The molecule has 0 saturated heterocycles. The maximum atomic E-state index is 5.56. The van der Waals surface area contributed by atoms with E-state index in [1.165, 1.54) is 0 Å². The third-order valence-corrected chi connectivity index (χ3v) is 3.30. The molecule has 1 aromatic rings. The molecule has 0 heterocycles. The van der Waals surface area contributed by atoms with E-state index in [2.05, 4.69) is 44.5 Å². The van der Waals surface area contributed by atoms with Gasteiger partial charge in [0.2, 0.25) is 0 Å². The number of benzene rings is 1. The average molecular weight is 283 g/mol. The second-order valence-corrected chi connectivity index (χ2v) is 4.02. The number of hydrogen-bond acceptors (Lipinski definition) is 2. The minimum Gasteiger partial charge on any atom is -0.398 e. The van der Waals surface area contributed by atoms with Crippen LogP contribution in [0, 0.1) is 0 Å². The number of hydrogen-bond donors (Lipinski definition) is 2. The van der Waals surface area contributed by atoms with Gasteiger partial charge in [-0.3, -0.25) is 0 Å². The summed E-state index contributed by atoms with van der Waals surface area (Å²) in [5, 5.41) is 0. The molecule has 1 nitrogen and oxygen atoms in total. The zero-order valence-electron chi connectivity index (χ0n) is 4.94. The van der Waals surface area contributed by atoms with Crippen LogP contribution in [-0.4, -0.2) is 0 Å². The summed E-state index contributed by atoms with van der Waals surface area (Å²) in [6, 6.07) is 3.66. The Balaban J connectivity index is 3.28. The third-order valence-electron chi connectivity index (χ3n) is 1.07. The van der Waals surface area contributed by atoms with E-state index in [4.69, 9.17) is 5.73 Å². The molecule has 0 saturated carbocycles. The van der Waals surface area contributed by atoms with Crippen molar-refractivity contribution < 1.29 is 0 Å². The van der Waals surface area contributed by atoms with E-state index in [0.717, 1.165) is 13.8 Å². The maximum Gasteiger partial charge on any atom is 0.0461 e. The molecule has 10 heavy (non-hydrogen) atoms. The predicted molar refractivity (Wildman–Crippen MR) is 53.5 cm³/mol. The van der Waals surface area contributed by atoms with Gasteiger partial charge in [0.05, 0.1) is 0 Å². The van der Waals surface area contributed by atoms with Crippen LogP contribution in [0.5, 0.6) is 0 Å². The zero-order chi connectivity index (χ0) is 7.72. The van der Waals surface area contributed by atoms with Crippen molar-refractivity contribution in [2.24, 2.45) is 0 Å². The standard InChI is InChI=1S/C6H5Br2NS/c7-3-1-5(9)6(10)2-4(3)8/h1-2,10H,9H2. The second-order valence-electron chi connectivity index (χ2n) is 1.83. The summed E-state index contributed by atoms with van der Waals surface area (Å²) >= 11 is 10.8. The number of nitrogens with two attached hydrogens (primary N) is 1. The molecule has 0 atom stereocenters. The van der Waals surface area contributed by atoms with Crippen LogP contribution in [0.3, 0.4) is 0 Å². The molecule has 0 bridgehead atoms. The van der Waals surface area contributed by atoms with Crippen LogP contribution >= 0.6 is 44.5 Å². The third kappa shape index (κ3) is 1.68. The lowest BCUT2D eigenvalue weighted by molar-refractivity contribution is 1.42. The van der Waals surface area contributed by atoms with Crippen LogP contribution in [0.2, 0.25) is 0 Å². The SMILES string of the molecule is Nc1cc(Br)c(Br)cc1S. The molecule has 54 valence electrons. The van der Waals surface area contributed by atoms with Gasteiger partial charge in [-0.15, -0.1) is 12.6 Å². The van der Waals surface area contributed by atoms with Crippen LogP contribution < -0.4 is 5.73 Å². The molecule has 0 unspecified atom stereocenters. The molecule has 0 spiro atoms. The summed E-state index contributed by atoms with van der Waals surface area (Å²) in [6.45, 7) is 0. The van der Waals surface area contributed by atoms with Crippen LogP contribution in [0.4, 0.5) is 5.69 Å². The zero-order valence-corrected chi connectivity index (χ0v) is 9.00. The smallest absolute Gasteiger partial charge is 0.0461 e. The van der Waals surface area contributed by atoms with E-state index in [-0.39, 0.29) is 0 Å². The number of thiol groups is 1. The summed E-state index contributed by atoms with van der Waals surface area (Å²) in [7, 11) is 0. The molecule has 1 aromatic carbocycles. The van der Waals surface area contributed by atoms with E-state index < -0.39 is 0 Å². The lowest BCUT2D eigenvalue weighted by Crippen LogP contribution is -1.86. The van der Waals surface area contributed by atoms with E-state index in [1.54, 1.807) is 0 Å². The molecule has 4 heteroatoms. The highest BCUT2D eigenvalue weighted by atomic mass is 79.9. The van der Waals surface area contributed by atoms with Gasteiger partial charge in [0.15, 0.2) is 0 Å². The molecular formula is C6H5Br2NS. The Morgan fingerprint density at radius 2 is 1.70 bits per heavy atom. The Bertz CT molecular complexity index is 212. The molecular weight excluding hydrogens is 278 g/mol. The monoisotopic (exact) mass is 281 g/mol. The highest BCUT2D eigenvalue weighted by Crippen LogP contribution is 2.29. The number of anilines is 1. The summed E-state index contributed by atoms with van der Waals surface area (Å²) in [4.78, 5) is 0.787. The van der Waals surface area contributed by atoms with Crippen molar-refractivity contribution in [1.29, 1.82) is 0 Å². The number of nitrogen functional groups attached to an aromatic ring is 1. The molecule has 0 fully saturated rings. The van der Waals surface area contributed by atoms with Gasteiger partial charge in [-0.1, -0.05) is 0 Å². The Morgan fingerprint density at radius 1 is 1.20 bits per heavy atom. The first kappa shape index (κ1) is 8.43. The van der Waals surface area contributed by atoms with E-state index >= 15 is 0 Å². The van der Waals surface area contributed by atoms with Crippen molar-refractivity contribution in [2.45, 2.75) is 4.90 Å². The summed E-state index contributed by atoms with van der Waals surface area (Å²) in [5.74, 6) is 0. The maximum absolute atomic E-state index is 5.56. The van der Waals surface area contributed by atoms with Gasteiger partial charge >= 0.3 is 0 Å². The number of rotatable bonds is 0. The molecule has 0 aliphatic heterocycles. The van der Waals surface area contributed by atoms with Crippen molar-refractivity contribution in [1.82, 2.24) is 0 Å². The van der Waals surface area contributed by atoms with Gasteiger partial charge < -0.3 is 5.73 Å². The van der Waals surface area contributed by atoms with Gasteiger partial charge in [0.25, 0.3) is 0 Å². The minimum absolute atomic E-state index is 0.679. The first-order valence-corrected chi connectivity index (χ1v) is 4.58. The van der Waals surface area contributed by atoms with Crippen molar-refractivity contribution in [3.8, 4) is 0 Å². The van der Waals surface area contributed by atoms with Gasteiger partial charge in [-0.25, -0.2) is 0 Å². The Kier molecular flexibility index (Phi) is 2.66. The highest BCUT2D eigenvalue weighted by Gasteiger charge is 1.99. The Morgan fingerprint density at radius 3 is 2.20 bits per heavy atom. The molecule has 2 N–H and O–H groups in total. The van der Waals surface area contributed by atoms with E-state index in [9.17, 15) is 0 Å². The fourth-order valence-corrected chi connectivity index (χ4v) is 1.63. The second kappa shape index (κ2) is 3.15. The lowest BCUT2D eigenvalue weighted by atomic mass is 10.3. The van der Waals surface area contributed by atoms with Crippen LogP contribution in [0.1, 0.15) is 0 Å². The molecule has 0 aliphatic rings. The molecule has 0 radical (unpaired) electrons. The first-order valence-electron chi connectivity index (χ1n) is 2.54. The summed E-state index contributed by atoms with van der Waals surface area (Å²) in [6.07, 6.45) is 0. The summed E-state index contributed by atoms with van der Waals surface area (Å²) in [5.41, 5.74) is 6.24. The van der Waals surface area contributed by atoms with Crippen LogP contribution in [-0.2, 0) is 0 Å². The molecule has 0 aromatic heterocycles. The molecule has 0 amide bonds. The quantitative estimate of drug-likeness (QED) is 0.555. The van der Waals surface area contributed by atoms with Crippen molar-refractivity contribution >= 4 is 50.2 Å². The van der Waals surface area contributed by atoms with Crippen molar-refractivity contribution in [2.75, 3.05) is 5.73 Å². The van der Waals surface area contributed by atoms with Gasteiger partial charge in [-0.2, -0.15) is 0 Å². The average Bonchev–Trinajstić information content (AvgIpc) is 1.84. The Hall–Kier alpha value is 0.330. The Labute approximate surface area is 81.7 Å². The number of halogens is 2. The normalized spacial score (nSPS) is 9.90. The van der Waals surface area contributed by atoms with Crippen LogP contribution in [0.15, 0.2) is 26.0 Å². The minimum atomic E-state index is 0.679. The summed E-state index contributed by atoms with van der Waals surface area (Å²) < 4.78 is 1.91. The highest BCUT2D eigenvalue weighted by molar-refractivity contribution is 9.13. The van der Waals surface area contributed by atoms with E-state index in [0.29, 0.717) is 5.69 Å². The van der Waals surface area contributed by atoms with E-state index in [1.807, 2.05) is 12.1 Å². The fraction of sp³-hybridized carbons (Fsp3) is 0. The fourth-order valence-electron chi connectivity index (χ4n) is 0.552. The van der Waals surface area contributed by atoms with Gasteiger partial charge in [0, 0.05) is 19.5 Å². The van der Waals surface area contributed by atoms with Crippen molar-refractivity contribution in [3.05, 3.63) is 21.1 Å². The topological polar surface area (TPSA) is 26.0 Å². The van der Waals surface area contributed by atoms with Gasteiger partial charge in [0.1, 0.15) is 0 Å². The predicted octanol–water partition coefficient (Wildman–Crippen LogP) is 3.08. The first-order chi connectivity index (χ1) is 4.61.